The van der Waals surface area contributed by atoms with E-state index in [0.29, 0.717) is 22.2 Å². The highest BCUT2D eigenvalue weighted by atomic mass is 32.1. The lowest BCUT2D eigenvalue weighted by atomic mass is 10.0. The van der Waals surface area contributed by atoms with Crippen LogP contribution in [0.1, 0.15) is 29.4 Å². The third kappa shape index (κ3) is 2.70. The molecule has 2 heterocycles. The Bertz CT molecular complexity index is 499. The van der Waals surface area contributed by atoms with Crippen LogP contribution in [0.4, 0.5) is 10.7 Å². The Morgan fingerprint density at radius 1 is 1.50 bits per heavy atom. The van der Waals surface area contributed by atoms with Crippen molar-refractivity contribution in [2.45, 2.75) is 19.8 Å². The van der Waals surface area contributed by atoms with Crippen LogP contribution in [0.3, 0.4) is 0 Å². The van der Waals surface area contributed by atoms with E-state index in [2.05, 4.69) is 11.8 Å². The predicted molar refractivity (Wildman–Crippen MR) is 83.9 cm³/mol. The molecule has 5 nitrogen and oxygen atoms in total. The summed E-state index contributed by atoms with van der Waals surface area (Å²) in [5, 5.41) is 0.988. The van der Waals surface area contributed by atoms with Gasteiger partial charge < -0.3 is 20.3 Å². The van der Waals surface area contributed by atoms with E-state index in [1.54, 1.807) is 26.1 Å². The number of nitrogens with zero attached hydrogens (tertiary/aromatic N) is 2. The number of thiophene rings is 1. The van der Waals surface area contributed by atoms with Crippen molar-refractivity contribution < 1.29 is 9.53 Å². The van der Waals surface area contributed by atoms with E-state index in [1.807, 2.05) is 0 Å². The number of nitrogens with two attached hydrogens (primary N) is 1. The smallest absolute Gasteiger partial charge is 0.265 e. The van der Waals surface area contributed by atoms with E-state index < -0.39 is 0 Å². The summed E-state index contributed by atoms with van der Waals surface area (Å²) in [6, 6.07) is 0. The largest absolute Gasteiger partial charge is 0.492 e. The lowest BCUT2D eigenvalue weighted by Crippen LogP contribution is -2.33. The molecule has 2 N–H and O–H groups in total. The molecule has 1 fully saturated rings. The summed E-state index contributed by atoms with van der Waals surface area (Å²) in [6.07, 6.45) is 2.42. The van der Waals surface area contributed by atoms with Crippen molar-refractivity contribution in [3.05, 3.63) is 4.88 Å². The molecule has 20 heavy (non-hydrogen) atoms. The fourth-order valence-corrected chi connectivity index (χ4v) is 3.80. The molecule has 1 unspecified atom stereocenters. The first kappa shape index (κ1) is 15.0. The Hall–Kier alpha value is -1.43. The monoisotopic (exact) mass is 297 g/mol. The Morgan fingerprint density at radius 2 is 2.20 bits per heavy atom. The number of anilines is 2. The molecule has 0 saturated carbocycles. The van der Waals surface area contributed by atoms with E-state index >= 15 is 0 Å². The van der Waals surface area contributed by atoms with Crippen LogP contribution in [-0.2, 0) is 0 Å². The summed E-state index contributed by atoms with van der Waals surface area (Å²) in [4.78, 5) is 16.6. The maximum absolute atomic E-state index is 12.2. The molecule has 2 rings (SSSR count). The lowest BCUT2D eigenvalue weighted by molar-refractivity contribution is 0.0833. The first-order chi connectivity index (χ1) is 9.45. The van der Waals surface area contributed by atoms with Gasteiger partial charge in [-0.1, -0.05) is 6.92 Å². The highest BCUT2D eigenvalue weighted by molar-refractivity contribution is 7.19. The third-order valence-electron chi connectivity index (χ3n) is 3.63. The number of rotatable bonds is 3. The summed E-state index contributed by atoms with van der Waals surface area (Å²) >= 11 is 1.44. The highest BCUT2D eigenvalue weighted by Gasteiger charge is 2.28. The van der Waals surface area contributed by atoms with E-state index in [4.69, 9.17) is 10.5 Å². The number of ether oxygens (including phenoxy) is 1. The van der Waals surface area contributed by atoms with Crippen molar-refractivity contribution in [2.24, 2.45) is 5.92 Å². The average molecular weight is 297 g/mol. The normalized spacial score (nSPS) is 19.0. The van der Waals surface area contributed by atoms with Gasteiger partial charge >= 0.3 is 0 Å². The first-order valence-corrected chi connectivity index (χ1v) is 7.70. The zero-order valence-corrected chi connectivity index (χ0v) is 13.4. The van der Waals surface area contributed by atoms with Crippen molar-refractivity contribution in [1.29, 1.82) is 0 Å². The number of carbonyl (C=O) groups is 1. The summed E-state index contributed by atoms with van der Waals surface area (Å²) in [6.45, 7) is 4.24. The maximum Gasteiger partial charge on any atom is 0.265 e. The minimum atomic E-state index is -0.0675. The quantitative estimate of drug-likeness (QED) is 0.930. The van der Waals surface area contributed by atoms with Crippen molar-refractivity contribution in [3.8, 4) is 5.75 Å². The van der Waals surface area contributed by atoms with Crippen LogP contribution < -0.4 is 15.4 Å². The number of amides is 1. The van der Waals surface area contributed by atoms with Gasteiger partial charge in [-0.2, -0.15) is 0 Å². The number of methoxy groups -OCH3 is 1. The molecule has 1 aromatic heterocycles. The van der Waals surface area contributed by atoms with Crippen LogP contribution in [0.2, 0.25) is 0 Å². The Kier molecular flexibility index (Phi) is 4.42. The van der Waals surface area contributed by atoms with Crippen LogP contribution in [0.5, 0.6) is 5.75 Å². The molecule has 0 aliphatic carbocycles. The van der Waals surface area contributed by atoms with Gasteiger partial charge in [0.15, 0.2) is 5.75 Å². The van der Waals surface area contributed by atoms with E-state index in [9.17, 15) is 4.79 Å². The standard InChI is InChI=1S/C14H23N3O2S/c1-9-6-5-7-17(8-9)14-11(19-4)10(15)12(20-14)13(18)16(2)3/h9H,5-8,15H2,1-4H3. The summed E-state index contributed by atoms with van der Waals surface area (Å²) in [7, 11) is 5.08. The molecular weight excluding hydrogens is 274 g/mol. The SMILES string of the molecule is COc1c(N2CCCC(C)C2)sc(C(=O)N(C)C)c1N. The van der Waals surface area contributed by atoms with Gasteiger partial charge in [0.25, 0.3) is 5.91 Å². The Balaban J connectivity index is 2.37. The molecule has 0 radical (unpaired) electrons. The highest BCUT2D eigenvalue weighted by Crippen LogP contribution is 2.46. The summed E-state index contributed by atoms with van der Waals surface area (Å²) < 4.78 is 5.45. The molecule has 112 valence electrons. The van der Waals surface area contributed by atoms with E-state index in [1.165, 1.54) is 24.2 Å². The molecule has 1 aromatic rings. The van der Waals surface area contributed by atoms with Gasteiger partial charge in [0.1, 0.15) is 15.6 Å². The number of carbonyl (C=O) groups excluding carboxylic acids is 1. The van der Waals surface area contributed by atoms with Gasteiger partial charge in [0, 0.05) is 27.2 Å². The predicted octanol–water partition coefficient (Wildman–Crippen LogP) is 2.28. The van der Waals surface area contributed by atoms with Gasteiger partial charge in [0.2, 0.25) is 0 Å². The van der Waals surface area contributed by atoms with Crippen LogP contribution >= 0.6 is 11.3 Å². The Labute approximate surface area is 124 Å². The second-order valence-corrected chi connectivity index (χ2v) is 6.58. The second kappa shape index (κ2) is 5.91. The average Bonchev–Trinajstić information content (AvgIpc) is 2.74. The minimum absolute atomic E-state index is 0.0675. The molecule has 1 saturated heterocycles. The van der Waals surface area contributed by atoms with Crippen LogP contribution in [-0.4, -0.2) is 45.1 Å². The number of piperidine rings is 1. The number of nitrogen functional groups attached to an aromatic ring is 1. The van der Waals surface area contributed by atoms with E-state index in [0.717, 1.165) is 18.1 Å². The molecule has 0 bridgehead atoms. The molecule has 0 aromatic carbocycles. The van der Waals surface area contributed by atoms with Crippen LogP contribution in [0.15, 0.2) is 0 Å². The fraction of sp³-hybridized carbons (Fsp3) is 0.643. The molecule has 1 amide bonds. The maximum atomic E-state index is 12.2. The summed E-state index contributed by atoms with van der Waals surface area (Å²) in [5.74, 6) is 1.24. The van der Waals surface area contributed by atoms with Crippen molar-refractivity contribution in [3.63, 3.8) is 0 Å². The Morgan fingerprint density at radius 3 is 2.75 bits per heavy atom. The molecule has 1 aliphatic rings. The first-order valence-electron chi connectivity index (χ1n) is 6.88. The topological polar surface area (TPSA) is 58.8 Å². The van der Waals surface area contributed by atoms with Gasteiger partial charge in [-0.05, 0) is 18.8 Å². The lowest BCUT2D eigenvalue weighted by Gasteiger charge is -2.32. The van der Waals surface area contributed by atoms with Crippen LogP contribution in [0, 0.1) is 5.92 Å². The molecule has 6 heteroatoms. The molecule has 1 aliphatic heterocycles. The molecular formula is C14H23N3O2S. The van der Waals surface area contributed by atoms with Gasteiger partial charge in [0.05, 0.1) is 7.11 Å². The third-order valence-corrected chi connectivity index (χ3v) is 4.87. The summed E-state index contributed by atoms with van der Waals surface area (Å²) in [5.41, 5.74) is 6.57. The van der Waals surface area contributed by atoms with Gasteiger partial charge in [-0.15, -0.1) is 11.3 Å². The van der Waals surface area contributed by atoms with Crippen molar-refractivity contribution >= 4 is 27.9 Å². The minimum Gasteiger partial charge on any atom is -0.492 e. The van der Waals surface area contributed by atoms with Crippen LogP contribution in [0.25, 0.3) is 0 Å². The number of hydrogen-bond acceptors (Lipinski definition) is 5. The molecule has 0 spiro atoms. The van der Waals surface area contributed by atoms with Crippen molar-refractivity contribution in [2.75, 3.05) is 44.9 Å². The number of hydrogen-bond donors (Lipinski definition) is 1. The van der Waals surface area contributed by atoms with E-state index in [-0.39, 0.29) is 5.91 Å². The second-order valence-electron chi connectivity index (χ2n) is 5.58. The van der Waals surface area contributed by atoms with Crippen molar-refractivity contribution in [1.82, 2.24) is 4.90 Å². The van der Waals surface area contributed by atoms with Gasteiger partial charge in [-0.25, -0.2) is 0 Å². The zero-order valence-electron chi connectivity index (χ0n) is 12.6. The van der Waals surface area contributed by atoms with Gasteiger partial charge in [-0.3, -0.25) is 4.79 Å². The fourth-order valence-electron chi connectivity index (χ4n) is 2.56. The molecule has 1 atom stereocenters. The zero-order chi connectivity index (χ0) is 14.9.